The maximum absolute atomic E-state index is 12.8. The Morgan fingerprint density at radius 2 is 1.89 bits per heavy atom. The van der Waals surface area contributed by atoms with Gasteiger partial charge in [-0.15, -0.1) is 0 Å². The predicted octanol–water partition coefficient (Wildman–Crippen LogP) is 1.65. The van der Waals surface area contributed by atoms with Gasteiger partial charge in [-0.1, -0.05) is 0 Å². The summed E-state index contributed by atoms with van der Waals surface area (Å²) in [5.41, 5.74) is 0. The summed E-state index contributed by atoms with van der Waals surface area (Å²) in [6, 6.07) is 7.94. The number of nitrogens with one attached hydrogen (secondary N) is 1. The quantitative estimate of drug-likeness (QED) is 0.725. The van der Waals surface area contributed by atoms with Crippen molar-refractivity contribution in [3.05, 3.63) is 42.4 Å². The molecule has 2 heterocycles. The van der Waals surface area contributed by atoms with Gasteiger partial charge in [0.15, 0.2) is 11.5 Å². The van der Waals surface area contributed by atoms with Gasteiger partial charge >= 0.3 is 0 Å². The monoisotopic (exact) mass is 396 g/mol. The van der Waals surface area contributed by atoms with Crippen LogP contribution in [0.4, 0.5) is 0 Å². The Balaban J connectivity index is 1.77. The van der Waals surface area contributed by atoms with Crippen LogP contribution in [0.1, 0.15) is 11.8 Å². The number of benzene rings is 1. The first kappa shape index (κ1) is 19.7. The van der Waals surface area contributed by atoms with E-state index < -0.39 is 10.0 Å². The molecule has 1 N–H and O–H groups in total. The van der Waals surface area contributed by atoms with Gasteiger partial charge in [0.1, 0.15) is 5.76 Å². The molecule has 1 fully saturated rings. The summed E-state index contributed by atoms with van der Waals surface area (Å²) in [6.45, 7) is 2.83. The number of hydrogen-bond donors (Lipinski definition) is 1. The fourth-order valence-corrected chi connectivity index (χ4v) is 4.09. The lowest BCUT2D eigenvalue weighted by atomic mass is 10.2. The van der Waals surface area contributed by atoms with E-state index in [-0.39, 0.29) is 17.5 Å². The summed E-state index contributed by atoms with van der Waals surface area (Å²) in [5, 5.41) is 0. The van der Waals surface area contributed by atoms with Crippen LogP contribution in [-0.2, 0) is 14.8 Å². The van der Waals surface area contributed by atoms with Crippen molar-refractivity contribution < 1.29 is 27.0 Å². The Morgan fingerprint density at radius 3 is 2.52 bits per heavy atom. The van der Waals surface area contributed by atoms with Crippen LogP contribution >= 0.6 is 0 Å². The smallest absolute Gasteiger partial charge is 0.240 e. The topological polar surface area (TPSA) is 90.2 Å². The zero-order valence-electron chi connectivity index (χ0n) is 15.4. The average molecular weight is 396 g/mol. The normalized spacial score (nSPS) is 16.8. The molecule has 8 nitrogen and oxygen atoms in total. The molecule has 1 aromatic carbocycles. The van der Waals surface area contributed by atoms with Gasteiger partial charge in [0.05, 0.1) is 44.6 Å². The zero-order chi connectivity index (χ0) is 19.3. The lowest BCUT2D eigenvalue weighted by Crippen LogP contribution is -2.43. The summed E-state index contributed by atoms with van der Waals surface area (Å²) >= 11 is 0. The van der Waals surface area contributed by atoms with E-state index in [0.29, 0.717) is 43.6 Å². The van der Waals surface area contributed by atoms with Crippen molar-refractivity contribution in [3.8, 4) is 11.5 Å². The highest BCUT2D eigenvalue weighted by atomic mass is 32.2. The van der Waals surface area contributed by atoms with E-state index in [1.54, 1.807) is 18.4 Å². The maximum Gasteiger partial charge on any atom is 0.240 e. The highest BCUT2D eigenvalue weighted by Crippen LogP contribution is 2.29. The molecule has 0 saturated carbocycles. The lowest BCUT2D eigenvalue weighted by Gasteiger charge is -2.33. The van der Waals surface area contributed by atoms with Crippen molar-refractivity contribution >= 4 is 10.0 Å². The van der Waals surface area contributed by atoms with Gasteiger partial charge in [-0.2, -0.15) is 0 Å². The van der Waals surface area contributed by atoms with Crippen LogP contribution in [0.25, 0.3) is 0 Å². The minimum Gasteiger partial charge on any atom is -0.493 e. The molecule has 3 rings (SSSR count). The van der Waals surface area contributed by atoms with Gasteiger partial charge in [0.2, 0.25) is 10.0 Å². The second-order valence-electron chi connectivity index (χ2n) is 6.05. The molecule has 1 aliphatic heterocycles. The highest BCUT2D eigenvalue weighted by molar-refractivity contribution is 7.89. The van der Waals surface area contributed by atoms with Gasteiger partial charge in [-0.05, 0) is 24.3 Å². The van der Waals surface area contributed by atoms with Crippen molar-refractivity contribution in [1.29, 1.82) is 0 Å². The first-order valence-electron chi connectivity index (χ1n) is 8.62. The van der Waals surface area contributed by atoms with Crippen molar-refractivity contribution in [2.75, 3.05) is 47.1 Å². The maximum atomic E-state index is 12.8. The third kappa shape index (κ3) is 4.62. The molecule has 0 unspecified atom stereocenters. The van der Waals surface area contributed by atoms with Crippen molar-refractivity contribution in [2.45, 2.75) is 10.9 Å². The van der Waals surface area contributed by atoms with E-state index in [2.05, 4.69) is 9.62 Å². The largest absolute Gasteiger partial charge is 0.493 e. The van der Waals surface area contributed by atoms with Crippen LogP contribution in [0.2, 0.25) is 0 Å². The molecule has 1 atom stereocenters. The van der Waals surface area contributed by atoms with Crippen LogP contribution in [0, 0.1) is 0 Å². The highest BCUT2D eigenvalue weighted by Gasteiger charge is 2.27. The lowest BCUT2D eigenvalue weighted by molar-refractivity contribution is 0.0128. The van der Waals surface area contributed by atoms with Crippen molar-refractivity contribution in [2.24, 2.45) is 0 Å². The predicted molar refractivity (Wildman–Crippen MR) is 98.6 cm³/mol. The molecule has 1 aliphatic rings. The number of methoxy groups -OCH3 is 2. The molecule has 0 aliphatic carbocycles. The van der Waals surface area contributed by atoms with E-state index in [1.165, 1.54) is 26.4 Å². The van der Waals surface area contributed by atoms with E-state index >= 15 is 0 Å². The SMILES string of the molecule is COc1ccc(S(=O)(=O)NC[C@H](c2ccco2)N2CCOCC2)cc1OC. The van der Waals surface area contributed by atoms with Crippen LogP contribution in [0.3, 0.4) is 0 Å². The Kier molecular flexibility index (Phi) is 6.38. The molecular formula is C18H24N2O6S. The van der Waals surface area contributed by atoms with Gasteiger partial charge < -0.3 is 18.6 Å². The van der Waals surface area contributed by atoms with E-state index in [1.807, 2.05) is 6.07 Å². The summed E-state index contributed by atoms with van der Waals surface area (Å²) in [4.78, 5) is 2.26. The zero-order valence-corrected chi connectivity index (χ0v) is 16.2. The number of furan rings is 1. The molecule has 9 heteroatoms. The molecule has 0 bridgehead atoms. The fourth-order valence-electron chi connectivity index (χ4n) is 3.04. The number of hydrogen-bond acceptors (Lipinski definition) is 7. The molecule has 1 saturated heterocycles. The summed E-state index contributed by atoms with van der Waals surface area (Å²) < 4.78 is 49.5. The van der Waals surface area contributed by atoms with Gasteiger partial charge in [-0.25, -0.2) is 13.1 Å². The second kappa shape index (κ2) is 8.75. The number of nitrogens with zero attached hydrogens (tertiary/aromatic N) is 1. The molecule has 0 amide bonds. The number of ether oxygens (including phenoxy) is 3. The molecule has 1 aromatic heterocycles. The van der Waals surface area contributed by atoms with Gasteiger partial charge in [0, 0.05) is 25.7 Å². The van der Waals surface area contributed by atoms with Crippen LogP contribution in [0.5, 0.6) is 11.5 Å². The fraction of sp³-hybridized carbons (Fsp3) is 0.444. The molecule has 27 heavy (non-hydrogen) atoms. The number of morpholine rings is 1. The molecular weight excluding hydrogens is 372 g/mol. The standard InChI is InChI=1S/C18H24N2O6S/c1-23-17-6-5-14(12-18(17)24-2)27(21,22)19-13-15(16-4-3-9-26-16)20-7-10-25-11-8-20/h3-6,9,12,15,19H,7-8,10-11,13H2,1-2H3/t15-/m1/s1. The molecule has 148 valence electrons. The number of sulfonamides is 1. The second-order valence-corrected chi connectivity index (χ2v) is 7.82. The Bertz CT molecular complexity index is 832. The van der Waals surface area contributed by atoms with Crippen molar-refractivity contribution in [1.82, 2.24) is 9.62 Å². The first-order chi connectivity index (χ1) is 13.0. The Hall–Kier alpha value is -2.07. The van der Waals surface area contributed by atoms with Gasteiger partial charge in [-0.3, -0.25) is 4.90 Å². The van der Waals surface area contributed by atoms with Crippen LogP contribution in [-0.4, -0.2) is 60.4 Å². The first-order valence-corrected chi connectivity index (χ1v) is 10.1. The minimum atomic E-state index is -3.73. The molecule has 2 aromatic rings. The van der Waals surface area contributed by atoms with E-state index in [4.69, 9.17) is 18.6 Å². The van der Waals surface area contributed by atoms with Crippen LogP contribution in [0.15, 0.2) is 45.9 Å². The van der Waals surface area contributed by atoms with E-state index in [9.17, 15) is 8.42 Å². The minimum absolute atomic E-state index is 0.111. The summed E-state index contributed by atoms with van der Waals surface area (Å²) in [6.07, 6.45) is 1.59. The summed E-state index contributed by atoms with van der Waals surface area (Å²) in [5.74, 6) is 1.54. The Labute approximate surface area is 159 Å². The van der Waals surface area contributed by atoms with Crippen molar-refractivity contribution in [3.63, 3.8) is 0 Å². The van der Waals surface area contributed by atoms with E-state index in [0.717, 1.165) is 0 Å². The third-order valence-corrected chi connectivity index (χ3v) is 5.91. The molecule has 0 radical (unpaired) electrons. The third-order valence-electron chi connectivity index (χ3n) is 4.49. The Morgan fingerprint density at radius 1 is 1.15 bits per heavy atom. The van der Waals surface area contributed by atoms with Gasteiger partial charge in [0.25, 0.3) is 0 Å². The number of rotatable bonds is 8. The average Bonchev–Trinajstić information content (AvgIpc) is 3.22. The van der Waals surface area contributed by atoms with Crippen LogP contribution < -0.4 is 14.2 Å². The molecule has 0 spiro atoms. The summed E-state index contributed by atoms with van der Waals surface area (Å²) in [7, 11) is -0.762.